The molecule has 1 fully saturated rings. The van der Waals surface area contributed by atoms with Gasteiger partial charge in [0.05, 0.1) is 17.3 Å². The second-order valence-corrected chi connectivity index (χ2v) is 4.16. The maximum absolute atomic E-state index is 10.9. The zero-order chi connectivity index (χ0) is 10.4. The number of fused-ring (bicyclic) bond motifs is 2. The van der Waals surface area contributed by atoms with E-state index in [1.807, 2.05) is 24.3 Å². The molecule has 1 aromatic rings. The molecule has 1 heterocycles. The van der Waals surface area contributed by atoms with Gasteiger partial charge < -0.3 is 5.11 Å². The van der Waals surface area contributed by atoms with Crippen molar-refractivity contribution in [2.45, 2.75) is 18.9 Å². The number of hydrogen-bond donors (Lipinski definition) is 1. The summed E-state index contributed by atoms with van der Waals surface area (Å²) in [6.07, 6.45) is 1.33. The number of hydrogen-bond acceptors (Lipinski definition) is 2. The van der Waals surface area contributed by atoms with Crippen molar-refractivity contribution in [1.82, 2.24) is 0 Å². The highest BCUT2D eigenvalue weighted by atomic mass is 16.4. The van der Waals surface area contributed by atoms with Crippen molar-refractivity contribution in [2.75, 3.05) is 0 Å². The van der Waals surface area contributed by atoms with Crippen LogP contribution in [0.4, 0.5) is 0 Å². The van der Waals surface area contributed by atoms with E-state index in [0.717, 1.165) is 10.6 Å². The van der Waals surface area contributed by atoms with Gasteiger partial charge in [0.25, 0.3) is 0 Å². The number of aliphatic carboxylic acids is 1. The molecule has 2 aliphatic rings. The number of rotatable bonds is 1. The molecule has 76 valence electrons. The van der Waals surface area contributed by atoms with Gasteiger partial charge in [0, 0.05) is 5.22 Å². The Morgan fingerprint density at radius 2 is 2.20 bits per heavy atom. The fraction of sp³-hybridized carbons (Fsp3) is 0.333. The summed E-state index contributed by atoms with van der Waals surface area (Å²) in [7, 11) is 0. The van der Waals surface area contributed by atoms with Crippen LogP contribution in [0.5, 0.6) is 0 Å². The number of nitrogens with zero attached hydrogens (tertiary/aromatic N) is 1. The van der Waals surface area contributed by atoms with Crippen molar-refractivity contribution in [1.29, 1.82) is 0 Å². The normalized spacial score (nSPS) is 27.1. The summed E-state index contributed by atoms with van der Waals surface area (Å²) < 4.78 is 0. The van der Waals surface area contributed by atoms with Crippen LogP contribution in [0.25, 0.3) is 5.57 Å². The lowest BCUT2D eigenvalue weighted by molar-refractivity contribution is -0.141. The average molecular weight is 201 g/mol. The Balaban J connectivity index is 2.12. The summed E-state index contributed by atoms with van der Waals surface area (Å²) in [6, 6.07) is 8.12. The molecule has 1 N–H and O–H groups in total. The Kier molecular flexibility index (Phi) is 1.69. The number of carboxylic acids is 1. The number of para-hydroxylation sites is 1. The van der Waals surface area contributed by atoms with E-state index in [1.165, 1.54) is 5.57 Å². The lowest BCUT2D eigenvalue weighted by atomic mass is 10.1. The van der Waals surface area contributed by atoms with E-state index in [1.54, 1.807) is 0 Å². The molecule has 0 amide bonds. The number of carboxylic acid groups (broad SMARTS) is 1. The van der Waals surface area contributed by atoms with E-state index in [2.05, 4.69) is 4.99 Å². The zero-order valence-electron chi connectivity index (χ0n) is 8.18. The van der Waals surface area contributed by atoms with Gasteiger partial charge in [0.1, 0.15) is 0 Å². The summed E-state index contributed by atoms with van der Waals surface area (Å²) in [5.41, 5.74) is 1.22. The van der Waals surface area contributed by atoms with E-state index in [-0.39, 0.29) is 12.0 Å². The largest absolute Gasteiger partial charge is 0.481 e. The SMILES string of the molecule is O=C(O)C1CC2=c3ccccc3=NC2C1. The maximum atomic E-state index is 10.9. The first-order valence-electron chi connectivity index (χ1n) is 5.14. The Morgan fingerprint density at radius 1 is 1.40 bits per heavy atom. The van der Waals surface area contributed by atoms with Crippen LogP contribution >= 0.6 is 0 Å². The van der Waals surface area contributed by atoms with Gasteiger partial charge in [-0.15, -0.1) is 0 Å². The van der Waals surface area contributed by atoms with Crippen molar-refractivity contribution in [2.24, 2.45) is 10.9 Å². The molecular weight excluding hydrogens is 190 g/mol. The molecule has 0 aromatic heterocycles. The predicted molar refractivity (Wildman–Crippen MR) is 54.8 cm³/mol. The first-order chi connectivity index (χ1) is 7.25. The minimum absolute atomic E-state index is 0.128. The summed E-state index contributed by atoms with van der Waals surface area (Å²) in [4.78, 5) is 15.4. The lowest BCUT2D eigenvalue weighted by Crippen LogP contribution is -2.22. The third-order valence-electron chi connectivity index (χ3n) is 3.27. The standard InChI is InChI=1S/C12H11NO2/c14-12(15)7-5-9-8-3-1-2-4-10(8)13-11(9)6-7/h1-4,7,11H,5-6H2,(H,14,15). The van der Waals surface area contributed by atoms with Crippen molar-refractivity contribution in [3.63, 3.8) is 0 Å². The quantitative estimate of drug-likeness (QED) is 0.712. The summed E-state index contributed by atoms with van der Waals surface area (Å²) >= 11 is 0. The predicted octanol–water partition coefficient (Wildman–Crippen LogP) is 0.334. The van der Waals surface area contributed by atoms with Gasteiger partial charge in [0.15, 0.2) is 0 Å². The molecule has 2 atom stereocenters. The second kappa shape index (κ2) is 2.92. The van der Waals surface area contributed by atoms with E-state index in [4.69, 9.17) is 5.11 Å². The molecule has 3 rings (SSSR count). The maximum Gasteiger partial charge on any atom is 0.306 e. The van der Waals surface area contributed by atoms with Crippen LogP contribution < -0.4 is 10.6 Å². The minimum Gasteiger partial charge on any atom is -0.481 e. The van der Waals surface area contributed by atoms with Gasteiger partial charge in [-0.2, -0.15) is 0 Å². The third kappa shape index (κ3) is 1.19. The zero-order valence-corrected chi connectivity index (χ0v) is 8.18. The van der Waals surface area contributed by atoms with Gasteiger partial charge >= 0.3 is 5.97 Å². The van der Waals surface area contributed by atoms with E-state index >= 15 is 0 Å². The molecule has 0 saturated heterocycles. The fourth-order valence-corrected chi connectivity index (χ4v) is 2.53. The van der Waals surface area contributed by atoms with Crippen molar-refractivity contribution < 1.29 is 9.90 Å². The highest BCUT2D eigenvalue weighted by Gasteiger charge is 2.35. The van der Waals surface area contributed by atoms with Crippen LogP contribution in [0.2, 0.25) is 0 Å². The smallest absolute Gasteiger partial charge is 0.306 e. The summed E-state index contributed by atoms with van der Waals surface area (Å²) in [5, 5.41) is 11.1. The highest BCUT2D eigenvalue weighted by molar-refractivity contribution is 5.75. The molecule has 1 saturated carbocycles. The van der Waals surface area contributed by atoms with E-state index in [9.17, 15) is 4.79 Å². The van der Waals surface area contributed by atoms with Crippen molar-refractivity contribution >= 4 is 11.5 Å². The average Bonchev–Trinajstić information content (AvgIpc) is 2.73. The number of benzene rings is 1. The molecule has 15 heavy (non-hydrogen) atoms. The van der Waals surface area contributed by atoms with Crippen LogP contribution in [0.3, 0.4) is 0 Å². The molecule has 2 unspecified atom stereocenters. The minimum atomic E-state index is -0.690. The topological polar surface area (TPSA) is 49.7 Å². The van der Waals surface area contributed by atoms with Crippen LogP contribution in [0, 0.1) is 5.92 Å². The van der Waals surface area contributed by atoms with Crippen LogP contribution in [-0.2, 0) is 4.79 Å². The Hall–Kier alpha value is -1.64. The molecule has 3 nitrogen and oxygen atoms in total. The van der Waals surface area contributed by atoms with Crippen molar-refractivity contribution in [3.8, 4) is 0 Å². The molecule has 0 radical (unpaired) electrons. The van der Waals surface area contributed by atoms with Crippen molar-refractivity contribution in [3.05, 3.63) is 34.8 Å². The Labute approximate surface area is 86.8 Å². The molecule has 0 bridgehead atoms. The van der Waals surface area contributed by atoms with E-state index in [0.29, 0.717) is 12.8 Å². The molecule has 3 heteroatoms. The van der Waals surface area contributed by atoms with Crippen LogP contribution in [0.15, 0.2) is 29.3 Å². The Bertz CT molecular complexity index is 547. The molecule has 1 aromatic carbocycles. The van der Waals surface area contributed by atoms with Crippen LogP contribution in [-0.4, -0.2) is 17.1 Å². The van der Waals surface area contributed by atoms with Gasteiger partial charge in [-0.3, -0.25) is 9.79 Å². The monoisotopic (exact) mass is 201 g/mol. The third-order valence-corrected chi connectivity index (χ3v) is 3.27. The van der Waals surface area contributed by atoms with Gasteiger partial charge in [-0.1, -0.05) is 18.2 Å². The van der Waals surface area contributed by atoms with E-state index < -0.39 is 5.97 Å². The van der Waals surface area contributed by atoms with Gasteiger partial charge in [-0.05, 0) is 24.5 Å². The van der Waals surface area contributed by atoms with Gasteiger partial charge in [0.2, 0.25) is 0 Å². The fourth-order valence-electron chi connectivity index (χ4n) is 2.53. The molecule has 1 aliphatic heterocycles. The highest BCUT2D eigenvalue weighted by Crippen LogP contribution is 2.34. The summed E-state index contributed by atoms with van der Waals surface area (Å²) in [5.74, 6) is -0.924. The molecule has 0 spiro atoms. The van der Waals surface area contributed by atoms with Gasteiger partial charge in [-0.25, -0.2) is 0 Å². The lowest BCUT2D eigenvalue weighted by Gasteiger charge is -2.00. The van der Waals surface area contributed by atoms with Crippen LogP contribution in [0.1, 0.15) is 12.8 Å². The second-order valence-electron chi connectivity index (χ2n) is 4.16. The number of carbonyl (C=O) groups is 1. The summed E-state index contributed by atoms with van der Waals surface area (Å²) in [6.45, 7) is 0. The molecule has 1 aliphatic carbocycles. The molecular formula is C12H11NO2. The first kappa shape index (κ1) is 8.65. The first-order valence-corrected chi connectivity index (χ1v) is 5.14. The Morgan fingerprint density at radius 3 is 3.00 bits per heavy atom.